The summed E-state index contributed by atoms with van der Waals surface area (Å²) >= 11 is 0. The number of nitrogens with two attached hydrogens (primary N) is 1. The van der Waals surface area contributed by atoms with Gasteiger partial charge in [-0.05, 0) is 12.5 Å². The fourth-order valence-corrected chi connectivity index (χ4v) is 2.33. The Morgan fingerprint density at radius 1 is 1.58 bits per heavy atom. The van der Waals surface area contributed by atoms with Crippen LogP contribution in [0.5, 0.6) is 0 Å². The van der Waals surface area contributed by atoms with Crippen molar-refractivity contribution in [3.63, 3.8) is 0 Å². The molecular weight excluding hydrogens is 248 g/mol. The van der Waals surface area contributed by atoms with Crippen LogP contribution in [0.4, 0.5) is 17.1 Å². The van der Waals surface area contributed by atoms with Gasteiger partial charge >= 0.3 is 0 Å². The molecule has 1 aliphatic heterocycles. The van der Waals surface area contributed by atoms with E-state index in [1.54, 1.807) is 6.07 Å². The summed E-state index contributed by atoms with van der Waals surface area (Å²) in [4.78, 5) is 23.2. The topological polar surface area (TPSA) is 102 Å². The summed E-state index contributed by atoms with van der Waals surface area (Å²) in [5, 5.41) is 13.5. The standard InChI is InChI=1S/C12H16N4O3/c1-8(17)14-9-4-5-15(7-9)12-3-2-10(16(18)19)6-11(12)13/h2-3,6,9H,4-5,7,13H2,1H3,(H,14,17). The van der Waals surface area contributed by atoms with Gasteiger partial charge in [-0.15, -0.1) is 0 Å². The summed E-state index contributed by atoms with van der Waals surface area (Å²) in [5.41, 5.74) is 7.00. The molecule has 102 valence electrons. The maximum Gasteiger partial charge on any atom is 0.271 e. The minimum atomic E-state index is -0.468. The highest BCUT2D eigenvalue weighted by Crippen LogP contribution is 2.30. The monoisotopic (exact) mass is 264 g/mol. The molecule has 3 N–H and O–H groups in total. The molecule has 0 aromatic heterocycles. The van der Waals surface area contributed by atoms with E-state index >= 15 is 0 Å². The minimum Gasteiger partial charge on any atom is -0.397 e. The van der Waals surface area contributed by atoms with Gasteiger partial charge in [-0.25, -0.2) is 0 Å². The number of nitrogens with one attached hydrogen (secondary N) is 1. The number of nitro benzene ring substituents is 1. The second-order valence-corrected chi connectivity index (χ2v) is 4.63. The first-order chi connectivity index (χ1) is 8.97. The van der Waals surface area contributed by atoms with Gasteiger partial charge in [0.15, 0.2) is 0 Å². The van der Waals surface area contributed by atoms with E-state index in [-0.39, 0.29) is 17.6 Å². The first-order valence-electron chi connectivity index (χ1n) is 6.03. The molecule has 1 heterocycles. The van der Waals surface area contributed by atoms with Crippen molar-refractivity contribution in [2.24, 2.45) is 0 Å². The van der Waals surface area contributed by atoms with Crippen LogP contribution in [0.1, 0.15) is 13.3 Å². The lowest BCUT2D eigenvalue weighted by Crippen LogP contribution is -2.35. The lowest BCUT2D eigenvalue weighted by atomic mass is 10.2. The number of hydrogen-bond donors (Lipinski definition) is 2. The molecule has 7 heteroatoms. The van der Waals surface area contributed by atoms with Crippen molar-refractivity contribution in [1.82, 2.24) is 5.32 Å². The van der Waals surface area contributed by atoms with Gasteiger partial charge < -0.3 is 16.0 Å². The number of nitro groups is 1. The predicted octanol–water partition coefficient (Wildman–Crippen LogP) is 0.892. The third kappa shape index (κ3) is 2.93. The van der Waals surface area contributed by atoms with Gasteiger partial charge in [0.05, 0.1) is 16.3 Å². The van der Waals surface area contributed by atoms with Crippen molar-refractivity contribution >= 4 is 23.0 Å². The molecular formula is C12H16N4O3. The van der Waals surface area contributed by atoms with E-state index in [0.29, 0.717) is 12.2 Å². The SMILES string of the molecule is CC(=O)NC1CCN(c2ccc([N+](=O)[O-])cc2N)C1. The van der Waals surface area contributed by atoms with Gasteiger partial charge in [-0.1, -0.05) is 0 Å². The lowest BCUT2D eigenvalue weighted by Gasteiger charge is -2.20. The third-order valence-electron chi connectivity index (χ3n) is 3.16. The summed E-state index contributed by atoms with van der Waals surface area (Å²) in [5.74, 6) is -0.0523. The molecule has 1 amide bonds. The molecule has 1 aromatic carbocycles. The molecule has 1 aromatic rings. The van der Waals surface area contributed by atoms with Crippen LogP contribution in [-0.2, 0) is 4.79 Å². The average Bonchev–Trinajstić information content (AvgIpc) is 2.76. The van der Waals surface area contributed by atoms with Crippen molar-refractivity contribution in [2.75, 3.05) is 23.7 Å². The second-order valence-electron chi connectivity index (χ2n) is 4.63. The summed E-state index contributed by atoms with van der Waals surface area (Å²) < 4.78 is 0. The number of non-ortho nitro benzene ring substituents is 1. The van der Waals surface area contributed by atoms with E-state index in [4.69, 9.17) is 5.73 Å². The highest BCUT2D eigenvalue weighted by molar-refractivity contribution is 5.74. The van der Waals surface area contributed by atoms with Crippen LogP contribution in [0.25, 0.3) is 0 Å². The van der Waals surface area contributed by atoms with Crippen LogP contribution in [0.2, 0.25) is 0 Å². The van der Waals surface area contributed by atoms with Crippen LogP contribution in [0, 0.1) is 10.1 Å². The Balaban J connectivity index is 2.11. The molecule has 2 rings (SSSR count). The van der Waals surface area contributed by atoms with Crippen molar-refractivity contribution in [3.8, 4) is 0 Å². The van der Waals surface area contributed by atoms with Crippen LogP contribution < -0.4 is 16.0 Å². The first-order valence-corrected chi connectivity index (χ1v) is 6.03. The molecule has 0 radical (unpaired) electrons. The Morgan fingerprint density at radius 3 is 2.89 bits per heavy atom. The normalized spacial score (nSPS) is 18.4. The molecule has 1 fully saturated rings. The van der Waals surface area contributed by atoms with Crippen molar-refractivity contribution in [1.29, 1.82) is 0 Å². The number of anilines is 2. The number of nitrogen functional groups attached to an aromatic ring is 1. The van der Waals surface area contributed by atoms with Crippen LogP contribution >= 0.6 is 0 Å². The summed E-state index contributed by atoms with van der Waals surface area (Å²) in [6.45, 7) is 2.93. The molecule has 0 spiro atoms. The summed E-state index contributed by atoms with van der Waals surface area (Å²) in [6, 6.07) is 4.56. The van der Waals surface area contributed by atoms with Gasteiger partial charge in [-0.2, -0.15) is 0 Å². The first kappa shape index (κ1) is 13.1. The van der Waals surface area contributed by atoms with E-state index in [1.807, 2.05) is 4.90 Å². The zero-order chi connectivity index (χ0) is 14.0. The number of amides is 1. The quantitative estimate of drug-likeness (QED) is 0.479. The number of carbonyl (C=O) groups excluding carboxylic acids is 1. The minimum absolute atomic E-state index is 0.0149. The molecule has 0 bridgehead atoms. The second kappa shape index (κ2) is 5.13. The Kier molecular flexibility index (Phi) is 3.55. The van der Waals surface area contributed by atoms with E-state index in [1.165, 1.54) is 19.1 Å². The largest absolute Gasteiger partial charge is 0.397 e. The average molecular weight is 264 g/mol. The van der Waals surface area contributed by atoms with Gasteiger partial charge in [0.25, 0.3) is 5.69 Å². The molecule has 1 unspecified atom stereocenters. The van der Waals surface area contributed by atoms with E-state index in [9.17, 15) is 14.9 Å². The maximum atomic E-state index is 11.0. The van der Waals surface area contributed by atoms with Gasteiger partial charge in [0.1, 0.15) is 0 Å². The molecule has 0 saturated carbocycles. The number of benzene rings is 1. The Bertz CT molecular complexity index is 518. The van der Waals surface area contributed by atoms with E-state index < -0.39 is 4.92 Å². The molecule has 7 nitrogen and oxygen atoms in total. The highest BCUT2D eigenvalue weighted by Gasteiger charge is 2.25. The smallest absolute Gasteiger partial charge is 0.271 e. The number of nitrogens with zero attached hydrogens (tertiary/aromatic N) is 2. The third-order valence-corrected chi connectivity index (χ3v) is 3.16. The summed E-state index contributed by atoms with van der Waals surface area (Å²) in [6.07, 6.45) is 0.843. The number of carbonyl (C=O) groups is 1. The predicted molar refractivity (Wildman–Crippen MR) is 71.9 cm³/mol. The van der Waals surface area contributed by atoms with Crippen molar-refractivity contribution in [3.05, 3.63) is 28.3 Å². The number of hydrogen-bond acceptors (Lipinski definition) is 5. The van der Waals surface area contributed by atoms with Gasteiger partial charge in [0, 0.05) is 38.2 Å². The van der Waals surface area contributed by atoms with Crippen molar-refractivity contribution in [2.45, 2.75) is 19.4 Å². The Morgan fingerprint density at radius 2 is 2.32 bits per heavy atom. The molecule has 1 atom stereocenters. The molecule has 1 saturated heterocycles. The zero-order valence-electron chi connectivity index (χ0n) is 10.6. The molecule has 0 aliphatic carbocycles. The van der Waals surface area contributed by atoms with Crippen molar-refractivity contribution < 1.29 is 9.72 Å². The van der Waals surface area contributed by atoms with Gasteiger partial charge in [0.2, 0.25) is 5.91 Å². The fraction of sp³-hybridized carbons (Fsp3) is 0.417. The van der Waals surface area contributed by atoms with E-state index in [2.05, 4.69) is 5.32 Å². The van der Waals surface area contributed by atoms with Crippen LogP contribution in [0.3, 0.4) is 0 Å². The molecule has 1 aliphatic rings. The Labute approximate surface area is 110 Å². The van der Waals surface area contributed by atoms with Gasteiger partial charge in [-0.3, -0.25) is 14.9 Å². The lowest BCUT2D eigenvalue weighted by molar-refractivity contribution is -0.384. The zero-order valence-corrected chi connectivity index (χ0v) is 10.6. The van der Waals surface area contributed by atoms with Crippen LogP contribution in [0.15, 0.2) is 18.2 Å². The maximum absolute atomic E-state index is 11.0. The fourth-order valence-electron chi connectivity index (χ4n) is 2.33. The summed E-state index contributed by atoms with van der Waals surface area (Å²) in [7, 11) is 0. The highest BCUT2D eigenvalue weighted by atomic mass is 16.6. The van der Waals surface area contributed by atoms with Crippen LogP contribution in [-0.4, -0.2) is 30.0 Å². The molecule has 19 heavy (non-hydrogen) atoms. The Hall–Kier alpha value is -2.31. The number of rotatable bonds is 3. The van der Waals surface area contributed by atoms with E-state index in [0.717, 1.165) is 18.7 Å².